The van der Waals surface area contributed by atoms with Crippen molar-refractivity contribution in [3.8, 4) is 0 Å². The molecule has 0 spiro atoms. The lowest BCUT2D eigenvalue weighted by Crippen LogP contribution is -2.16. The largest absolute Gasteiger partial charge is 0.217 e. The van der Waals surface area contributed by atoms with E-state index in [-0.39, 0.29) is 0 Å². The van der Waals surface area contributed by atoms with Crippen LogP contribution in [0.5, 0.6) is 0 Å². The maximum Gasteiger partial charge on any atom is 0.159 e. The standard InChI is InChI=1S/C21H26BrN3/c22-18-13-11-17(12-14-18)21-24-19(15-7-3-1-4-8-15)23-20(25-21)16-9-5-2-6-10-16/h1,3,9,11,13,15,17-18H,2,4-8,10,12,14H2. The van der Waals surface area contributed by atoms with E-state index in [4.69, 9.17) is 15.0 Å². The van der Waals surface area contributed by atoms with E-state index in [1.807, 2.05) is 0 Å². The molecule has 0 amide bonds. The minimum atomic E-state index is 0.331. The van der Waals surface area contributed by atoms with Crippen molar-refractivity contribution in [1.29, 1.82) is 0 Å². The highest BCUT2D eigenvalue weighted by Gasteiger charge is 2.24. The Morgan fingerprint density at radius 3 is 2.52 bits per heavy atom. The molecule has 3 aliphatic carbocycles. The Labute approximate surface area is 158 Å². The fourth-order valence-corrected chi connectivity index (χ4v) is 4.41. The highest BCUT2D eigenvalue weighted by atomic mass is 79.9. The summed E-state index contributed by atoms with van der Waals surface area (Å²) in [5.41, 5.74) is 1.33. The van der Waals surface area contributed by atoms with Gasteiger partial charge in [0.25, 0.3) is 0 Å². The molecule has 0 aromatic carbocycles. The van der Waals surface area contributed by atoms with E-state index in [9.17, 15) is 0 Å². The van der Waals surface area contributed by atoms with E-state index in [1.165, 1.54) is 18.4 Å². The molecule has 132 valence electrons. The summed E-state index contributed by atoms with van der Waals surface area (Å²) < 4.78 is 0. The molecule has 0 fully saturated rings. The number of halogens is 1. The second kappa shape index (κ2) is 7.94. The van der Waals surface area contributed by atoms with Crippen LogP contribution >= 0.6 is 15.9 Å². The topological polar surface area (TPSA) is 38.7 Å². The summed E-state index contributed by atoms with van der Waals surface area (Å²) in [7, 11) is 0. The maximum absolute atomic E-state index is 4.95. The summed E-state index contributed by atoms with van der Waals surface area (Å²) in [6.45, 7) is 0. The lowest BCUT2D eigenvalue weighted by molar-refractivity contribution is 0.557. The first-order valence-corrected chi connectivity index (χ1v) is 10.6. The van der Waals surface area contributed by atoms with E-state index in [0.29, 0.717) is 16.7 Å². The van der Waals surface area contributed by atoms with E-state index in [0.717, 1.165) is 62.4 Å². The monoisotopic (exact) mass is 399 g/mol. The molecule has 3 aliphatic rings. The number of hydrogen-bond donors (Lipinski definition) is 0. The van der Waals surface area contributed by atoms with Crippen LogP contribution in [-0.2, 0) is 0 Å². The zero-order chi connectivity index (χ0) is 17.1. The van der Waals surface area contributed by atoms with E-state index >= 15 is 0 Å². The van der Waals surface area contributed by atoms with E-state index < -0.39 is 0 Å². The van der Waals surface area contributed by atoms with Crippen LogP contribution in [0.2, 0.25) is 0 Å². The Bertz CT molecular complexity index is 707. The molecule has 25 heavy (non-hydrogen) atoms. The first-order valence-electron chi connectivity index (χ1n) is 9.72. The van der Waals surface area contributed by atoms with Crippen LogP contribution in [0.15, 0.2) is 30.4 Å². The van der Waals surface area contributed by atoms with Gasteiger partial charge in [-0.1, -0.05) is 46.3 Å². The predicted molar refractivity (Wildman–Crippen MR) is 106 cm³/mol. The van der Waals surface area contributed by atoms with Crippen LogP contribution in [0, 0.1) is 0 Å². The molecule has 0 saturated heterocycles. The molecule has 3 atom stereocenters. The number of allylic oxidation sites excluding steroid dienone is 6. The van der Waals surface area contributed by atoms with Gasteiger partial charge in [-0.25, -0.2) is 15.0 Å². The van der Waals surface area contributed by atoms with Crippen molar-refractivity contribution in [3.05, 3.63) is 47.9 Å². The van der Waals surface area contributed by atoms with Crippen molar-refractivity contribution >= 4 is 21.5 Å². The van der Waals surface area contributed by atoms with Gasteiger partial charge in [0.2, 0.25) is 0 Å². The van der Waals surface area contributed by atoms with Crippen LogP contribution in [0.4, 0.5) is 0 Å². The summed E-state index contributed by atoms with van der Waals surface area (Å²) in [5.74, 6) is 3.73. The van der Waals surface area contributed by atoms with Gasteiger partial charge in [-0.2, -0.15) is 0 Å². The minimum absolute atomic E-state index is 0.331. The zero-order valence-electron chi connectivity index (χ0n) is 14.7. The van der Waals surface area contributed by atoms with E-state index in [2.05, 4.69) is 46.3 Å². The predicted octanol–water partition coefficient (Wildman–Crippen LogP) is 5.85. The molecule has 4 rings (SSSR count). The highest BCUT2D eigenvalue weighted by molar-refractivity contribution is 9.09. The van der Waals surface area contributed by atoms with Gasteiger partial charge in [0.15, 0.2) is 5.82 Å². The average molecular weight is 400 g/mol. The molecule has 0 bridgehead atoms. The van der Waals surface area contributed by atoms with Crippen molar-refractivity contribution in [1.82, 2.24) is 15.0 Å². The Balaban J connectivity index is 1.70. The van der Waals surface area contributed by atoms with Crippen molar-refractivity contribution in [2.75, 3.05) is 0 Å². The smallest absolute Gasteiger partial charge is 0.159 e. The van der Waals surface area contributed by atoms with Crippen molar-refractivity contribution in [2.24, 2.45) is 0 Å². The third-order valence-corrected chi connectivity index (χ3v) is 6.28. The van der Waals surface area contributed by atoms with Gasteiger partial charge in [-0.3, -0.25) is 0 Å². The van der Waals surface area contributed by atoms with Gasteiger partial charge in [0.1, 0.15) is 11.6 Å². The molecule has 4 heteroatoms. The Hall–Kier alpha value is -1.29. The van der Waals surface area contributed by atoms with Crippen LogP contribution in [0.1, 0.15) is 87.1 Å². The molecule has 3 nitrogen and oxygen atoms in total. The normalized spacial score (nSPS) is 29.5. The SMILES string of the molecule is BrC1C=CC(c2nc(C3=CCCCC3)nc(C3CC=CCC3)n2)CC1. The molecular formula is C21H26BrN3. The van der Waals surface area contributed by atoms with Gasteiger partial charge in [-0.05, 0) is 63.4 Å². The van der Waals surface area contributed by atoms with Gasteiger partial charge >= 0.3 is 0 Å². The van der Waals surface area contributed by atoms with Gasteiger partial charge in [-0.15, -0.1) is 0 Å². The number of alkyl halides is 1. The second-order valence-electron chi connectivity index (χ2n) is 7.42. The summed E-state index contributed by atoms with van der Waals surface area (Å²) in [5, 5.41) is 0. The minimum Gasteiger partial charge on any atom is -0.217 e. The lowest BCUT2D eigenvalue weighted by atomic mass is 9.92. The van der Waals surface area contributed by atoms with Crippen LogP contribution < -0.4 is 0 Å². The van der Waals surface area contributed by atoms with Crippen molar-refractivity contribution < 1.29 is 0 Å². The molecule has 0 radical (unpaired) electrons. The molecule has 0 N–H and O–H groups in total. The molecular weight excluding hydrogens is 374 g/mol. The lowest BCUT2D eigenvalue weighted by Gasteiger charge is -2.22. The summed E-state index contributed by atoms with van der Waals surface area (Å²) in [4.78, 5) is 15.3. The number of rotatable bonds is 3. The first kappa shape index (κ1) is 17.1. The Kier molecular flexibility index (Phi) is 5.45. The average Bonchev–Trinajstić information content (AvgIpc) is 2.69. The zero-order valence-corrected chi connectivity index (χ0v) is 16.3. The van der Waals surface area contributed by atoms with Gasteiger partial charge in [0.05, 0.1) is 0 Å². The molecule has 3 unspecified atom stereocenters. The van der Waals surface area contributed by atoms with E-state index in [1.54, 1.807) is 0 Å². The number of nitrogens with zero attached hydrogens (tertiary/aromatic N) is 3. The fourth-order valence-electron chi connectivity index (χ4n) is 3.97. The molecule has 0 saturated carbocycles. The summed E-state index contributed by atoms with van der Waals surface area (Å²) >= 11 is 3.69. The number of aromatic nitrogens is 3. The molecule has 1 aromatic heterocycles. The van der Waals surface area contributed by atoms with Gasteiger partial charge in [0, 0.05) is 16.7 Å². The van der Waals surface area contributed by atoms with Crippen molar-refractivity contribution in [3.63, 3.8) is 0 Å². The van der Waals surface area contributed by atoms with Gasteiger partial charge < -0.3 is 0 Å². The molecule has 0 aliphatic heterocycles. The third-order valence-electron chi connectivity index (χ3n) is 5.52. The second-order valence-corrected chi connectivity index (χ2v) is 8.59. The third kappa shape index (κ3) is 4.11. The summed E-state index contributed by atoms with van der Waals surface area (Å²) in [6.07, 6.45) is 21.9. The van der Waals surface area contributed by atoms with Crippen LogP contribution in [0.3, 0.4) is 0 Å². The number of hydrogen-bond acceptors (Lipinski definition) is 3. The Morgan fingerprint density at radius 2 is 1.80 bits per heavy atom. The van der Waals surface area contributed by atoms with Crippen molar-refractivity contribution in [2.45, 2.75) is 74.5 Å². The summed E-state index contributed by atoms with van der Waals surface area (Å²) in [6, 6.07) is 0. The molecule has 1 aromatic rings. The quantitative estimate of drug-likeness (QED) is 0.472. The highest BCUT2D eigenvalue weighted by Crippen LogP contribution is 2.33. The maximum atomic E-state index is 4.95. The first-order chi connectivity index (χ1) is 12.3. The molecule has 1 heterocycles. The fraction of sp³-hybridized carbons (Fsp3) is 0.571. The van der Waals surface area contributed by atoms with Crippen LogP contribution in [0.25, 0.3) is 5.57 Å². The van der Waals surface area contributed by atoms with Crippen LogP contribution in [-0.4, -0.2) is 19.8 Å². The Morgan fingerprint density at radius 1 is 0.880 bits per heavy atom.